The molecule has 1 aromatic heterocycles. The van der Waals surface area contributed by atoms with Gasteiger partial charge >= 0.3 is 6.18 Å². The van der Waals surface area contributed by atoms with E-state index in [1.807, 2.05) is 0 Å². The third kappa shape index (κ3) is 4.74. The molecule has 2 aliphatic carbocycles. The van der Waals surface area contributed by atoms with Gasteiger partial charge in [-0.15, -0.1) is 10.2 Å². The summed E-state index contributed by atoms with van der Waals surface area (Å²) in [5.74, 6) is 0.837. The highest BCUT2D eigenvalue weighted by atomic mass is 32.2. The van der Waals surface area contributed by atoms with Crippen molar-refractivity contribution in [3.8, 4) is 11.3 Å². The molecule has 1 saturated heterocycles. The lowest BCUT2D eigenvalue weighted by Crippen LogP contribution is -2.21. The summed E-state index contributed by atoms with van der Waals surface area (Å²) in [4.78, 5) is 0. The van der Waals surface area contributed by atoms with Crippen LogP contribution in [-0.2, 0) is 17.4 Å². The Morgan fingerprint density at radius 1 is 1.09 bits per heavy atom. The van der Waals surface area contributed by atoms with Gasteiger partial charge in [0.05, 0.1) is 16.9 Å². The molecule has 2 fully saturated rings. The van der Waals surface area contributed by atoms with Crippen LogP contribution in [0.4, 0.5) is 24.7 Å². The van der Waals surface area contributed by atoms with Crippen LogP contribution in [0.15, 0.2) is 18.2 Å². The largest absolute Gasteiger partial charge is 0.755 e. The quantitative estimate of drug-likeness (QED) is 0.585. The summed E-state index contributed by atoms with van der Waals surface area (Å²) in [5.41, 5.74) is 7.28. The number of nitrogen functional groups attached to an aromatic ring is 1. The van der Waals surface area contributed by atoms with Crippen LogP contribution in [0.1, 0.15) is 67.1 Å². The number of nitrogens with one attached hydrogen (secondary N) is 2. The van der Waals surface area contributed by atoms with Crippen LogP contribution in [0.5, 0.6) is 0 Å². The number of anilines is 2. The molecule has 2 bridgehead atoms. The van der Waals surface area contributed by atoms with Gasteiger partial charge in [-0.05, 0) is 74.7 Å². The van der Waals surface area contributed by atoms with E-state index in [0.717, 1.165) is 42.5 Å². The molecule has 7 nitrogen and oxygen atoms in total. The van der Waals surface area contributed by atoms with Crippen LogP contribution in [0.3, 0.4) is 0 Å². The molecule has 2 aromatic rings. The molecule has 1 saturated carbocycles. The second-order valence-electron chi connectivity index (χ2n) is 8.37. The van der Waals surface area contributed by atoms with Crippen LogP contribution in [0.25, 0.3) is 11.3 Å². The number of hydrogen-bond acceptors (Lipinski definition) is 6. The fourth-order valence-corrected chi connectivity index (χ4v) is 5.28. The summed E-state index contributed by atoms with van der Waals surface area (Å²) in [6.45, 7) is 2.50. The fraction of sp³-hybridized carbons (Fsp3) is 0.524. The number of fused-ring (bicyclic) bond motifs is 5. The summed E-state index contributed by atoms with van der Waals surface area (Å²) >= 11 is -2.78. The number of nitrogens with two attached hydrogens (primary N) is 1. The van der Waals surface area contributed by atoms with E-state index in [1.165, 1.54) is 38.4 Å². The monoisotopic (exact) mass is 468 g/mol. The van der Waals surface area contributed by atoms with Crippen molar-refractivity contribution >= 4 is 22.8 Å². The van der Waals surface area contributed by atoms with Gasteiger partial charge in [0.25, 0.3) is 0 Å². The number of benzene rings is 1. The molecule has 1 aliphatic heterocycles. The van der Waals surface area contributed by atoms with Crippen molar-refractivity contribution in [2.75, 3.05) is 23.5 Å². The number of halogens is 3. The lowest BCUT2D eigenvalue weighted by atomic mass is 9.88. The van der Waals surface area contributed by atoms with Gasteiger partial charge in [-0.3, -0.25) is 4.21 Å². The zero-order chi connectivity index (χ0) is 22.9. The predicted molar refractivity (Wildman–Crippen MR) is 115 cm³/mol. The van der Waals surface area contributed by atoms with Gasteiger partial charge in [-0.25, -0.2) is 0 Å². The van der Waals surface area contributed by atoms with E-state index < -0.39 is 23.0 Å². The van der Waals surface area contributed by atoms with Crippen LogP contribution in [-0.4, -0.2) is 32.0 Å². The van der Waals surface area contributed by atoms with E-state index in [2.05, 4.69) is 20.2 Å². The Labute approximate surface area is 186 Å². The number of rotatable bonds is 3. The van der Waals surface area contributed by atoms with E-state index in [-0.39, 0.29) is 23.1 Å². The molecule has 4 N–H and O–H groups in total. The van der Waals surface area contributed by atoms with Gasteiger partial charge in [-0.2, -0.15) is 13.2 Å². The normalized spacial score (nSPS) is 22.6. The third-order valence-corrected chi connectivity index (χ3v) is 6.72. The Balaban J connectivity index is 0.000000354. The van der Waals surface area contributed by atoms with E-state index in [0.29, 0.717) is 11.5 Å². The van der Waals surface area contributed by atoms with Crippen molar-refractivity contribution < 1.29 is 21.9 Å². The summed E-state index contributed by atoms with van der Waals surface area (Å²) in [6, 6.07) is 2.90. The minimum atomic E-state index is -4.59. The van der Waals surface area contributed by atoms with Gasteiger partial charge in [0, 0.05) is 22.4 Å². The highest BCUT2D eigenvalue weighted by Gasteiger charge is 2.41. The first kappa shape index (κ1) is 22.9. The average molecular weight is 469 g/mol. The maximum Gasteiger partial charge on any atom is 0.416 e. The van der Waals surface area contributed by atoms with E-state index in [9.17, 15) is 21.9 Å². The molecule has 174 valence electrons. The van der Waals surface area contributed by atoms with Crippen LogP contribution in [0, 0.1) is 0 Å². The number of aromatic nitrogens is 2. The summed E-state index contributed by atoms with van der Waals surface area (Å²) in [5, 5.41) is 11.3. The lowest BCUT2D eigenvalue weighted by Gasteiger charge is -2.21. The highest BCUT2D eigenvalue weighted by Crippen LogP contribution is 2.57. The molecule has 1 aromatic carbocycles. The highest BCUT2D eigenvalue weighted by molar-refractivity contribution is 7.80. The second kappa shape index (κ2) is 9.32. The maximum atomic E-state index is 13.0. The van der Waals surface area contributed by atoms with Gasteiger partial charge in [0.2, 0.25) is 0 Å². The average Bonchev–Trinajstić information content (AvgIpc) is 3.38. The van der Waals surface area contributed by atoms with Crippen LogP contribution >= 0.6 is 0 Å². The molecule has 0 spiro atoms. The number of alkyl halides is 3. The first-order valence-corrected chi connectivity index (χ1v) is 11.8. The van der Waals surface area contributed by atoms with Crippen molar-refractivity contribution in [3.63, 3.8) is 0 Å². The number of hydrogen-bond donors (Lipinski definition) is 3. The molecular formula is C21H25F3N5O2S-. The topological polar surface area (TPSA) is 116 Å². The number of piperidine rings is 1. The molecule has 5 rings (SSSR count). The SMILES string of the molecule is C1CCNCC1.Nc1nnc(-c2ccc(C(F)(F)F)cc2NS(=O)[O-])c2c1C1CCC2C1. The van der Waals surface area contributed by atoms with Gasteiger partial charge < -0.3 is 20.3 Å². The Hall–Kier alpha value is -2.24. The van der Waals surface area contributed by atoms with Crippen LogP contribution in [0.2, 0.25) is 0 Å². The molecule has 2 heterocycles. The Morgan fingerprint density at radius 3 is 2.34 bits per heavy atom. The van der Waals surface area contributed by atoms with E-state index in [1.54, 1.807) is 0 Å². The van der Waals surface area contributed by atoms with Crippen molar-refractivity contribution in [3.05, 3.63) is 34.9 Å². The summed E-state index contributed by atoms with van der Waals surface area (Å²) in [7, 11) is 0. The molecule has 0 radical (unpaired) electrons. The second-order valence-corrected chi connectivity index (χ2v) is 9.05. The minimum absolute atomic E-state index is 0.183. The van der Waals surface area contributed by atoms with Gasteiger partial charge in [0.1, 0.15) is 5.82 Å². The van der Waals surface area contributed by atoms with Crippen molar-refractivity contribution in [2.45, 2.75) is 56.5 Å². The lowest BCUT2D eigenvalue weighted by molar-refractivity contribution is -0.137. The standard InChI is InChI=1S/C16H15F3N4O2S.C5H11N/c17-16(18,19)9-3-4-10(11(6-9)23-26(24)25)14-12-7-1-2-8(5-7)13(12)15(20)22-21-14;1-2-4-6-5-3-1/h3-4,6-8,23H,1-2,5H2,(H2,20,22)(H,24,25);6H,1-5H2/p-1. The van der Waals surface area contributed by atoms with E-state index in [4.69, 9.17) is 5.73 Å². The Bertz CT molecular complexity index is 1000. The molecule has 3 unspecified atom stereocenters. The van der Waals surface area contributed by atoms with Crippen molar-refractivity contribution in [1.82, 2.24) is 15.5 Å². The molecule has 11 heteroatoms. The molecular weight excluding hydrogens is 443 g/mol. The zero-order valence-corrected chi connectivity index (χ0v) is 18.2. The van der Waals surface area contributed by atoms with Crippen molar-refractivity contribution in [1.29, 1.82) is 0 Å². The minimum Gasteiger partial charge on any atom is -0.755 e. The summed E-state index contributed by atoms with van der Waals surface area (Å²) < 4.78 is 63.2. The Kier molecular flexibility index (Phi) is 6.68. The van der Waals surface area contributed by atoms with E-state index >= 15 is 0 Å². The maximum absolute atomic E-state index is 13.0. The first-order chi connectivity index (χ1) is 15.3. The molecule has 32 heavy (non-hydrogen) atoms. The zero-order valence-electron chi connectivity index (χ0n) is 17.4. The van der Waals surface area contributed by atoms with Gasteiger partial charge in [0.15, 0.2) is 0 Å². The molecule has 3 aliphatic rings. The van der Waals surface area contributed by atoms with Crippen molar-refractivity contribution in [2.24, 2.45) is 0 Å². The smallest absolute Gasteiger partial charge is 0.416 e. The summed E-state index contributed by atoms with van der Waals surface area (Å²) in [6.07, 6.45) is 2.49. The fourth-order valence-electron chi connectivity index (χ4n) is 4.93. The number of nitrogens with zero attached hydrogens (tertiary/aromatic N) is 2. The Morgan fingerprint density at radius 2 is 1.78 bits per heavy atom. The van der Waals surface area contributed by atoms with Crippen LogP contribution < -0.4 is 15.8 Å². The van der Waals surface area contributed by atoms with Gasteiger partial charge in [-0.1, -0.05) is 12.5 Å². The predicted octanol–water partition coefficient (Wildman–Crippen LogP) is 4.08. The molecule has 0 amide bonds. The third-order valence-electron chi connectivity index (χ3n) is 6.33. The molecule has 3 atom stereocenters. The first-order valence-electron chi connectivity index (χ1n) is 10.7.